The largest absolute Gasteiger partial charge is 0.386 e. The van der Waals surface area contributed by atoms with Gasteiger partial charge in [0.15, 0.2) is 6.10 Å². The smallest absolute Gasteiger partial charge is 0.252 e. The van der Waals surface area contributed by atoms with Gasteiger partial charge >= 0.3 is 0 Å². The van der Waals surface area contributed by atoms with Gasteiger partial charge in [-0.15, -0.1) is 0 Å². The van der Waals surface area contributed by atoms with Crippen LogP contribution in [0.1, 0.15) is 24.4 Å². The van der Waals surface area contributed by atoms with Crippen LogP contribution in [-0.4, -0.2) is 46.9 Å². The maximum absolute atomic E-state index is 14.1. The van der Waals surface area contributed by atoms with Crippen molar-refractivity contribution in [2.24, 2.45) is 0 Å². The summed E-state index contributed by atoms with van der Waals surface area (Å²) < 4.78 is 19.8. The molecule has 30 heavy (non-hydrogen) atoms. The highest BCUT2D eigenvalue weighted by Crippen LogP contribution is 2.26. The van der Waals surface area contributed by atoms with E-state index in [9.17, 15) is 24.2 Å². The van der Waals surface area contributed by atoms with Crippen LogP contribution in [0, 0.1) is 5.82 Å². The van der Waals surface area contributed by atoms with Gasteiger partial charge in [0.05, 0.1) is 5.69 Å². The molecule has 0 spiro atoms. The number of ether oxygens (including phenoxy) is 1. The molecule has 2 unspecified atom stereocenters. The number of benzene rings is 2. The molecule has 1 aliphatic rings. The summed E-state index contributed by atoms with van der Waals surface area (Å²) in [5.74, 6) is -2.24. The molecule has 1 aliphatic heterocycles. The average molecular weight is 481 g/mol. The van der Waals surface area contributed by atoms with E-state index in [-0.39, 0.29) is 31.7 Å². The molecule has 1 heterocycles. The minimum atomic E-state index is -1.75. The number of carbonyl (C=O) groups is 2. The van der Waals surface area contributed by atoms with E-state index in [1.165, 1.54) is 12.1 Å². The van der Waals surface area contributed by atoms with Gasteiger partial charge in [0.1, 0.15) is 17.5 Å². The van der Waals surface area contributed by atoms with Crippen LogP contribution in [0.25, 0.3) is 0 Å². The van der Waals surface area contributed by atoms with Crippen molar-refractivity contribution in [3.63, 3.8) is 0 Å². The number of aliphatic hydroxyl groups excluding tert-OH is 1. The Balaban J connectivity index is 1.80. The highest BCUT2D eigenvalue weighted by Gasteiger charge is 2.42. The summed E-state index contributed by atoms with van der Waals surface area (Å²) in [6, 6.07) is 11.3. The van der Waals surface area contributed by atoms with Crippen LogP contribution in [0.15, 0.2) is 53.0 Å². The van der Waals surface area contributed by atoms with E-state index in [0.29, 0.717) is 10.0 Å². The standard InChI is InChI=1S/C21H22BrFN2O5/c22-14-6-7-16(15(23)12-14)24-19(27)17(13-4-2-1-3-5-13)25-20(28)18(26)21(29)8-10-30-11-9-21/h1-7,12,17-18,26,29H,8-11H2,(H,24,27)(H,25,28). The first-order chi connectivity index (χ1) is 14.3. The fraction of sp³-hybridized carbons (Fsp3) is 0.333. The van der Waals surface area contributed by atoms with E-state index in [1.807, 2.05) is 0 Å². The van der Waals surface area contributed by atoms with Crippen LogP contribution in [0.4, 0.5) is 10.1 Å². The van der Waals surface area contributed by atoms with E-state index >= 15 is 0 Å². The lowest BCUT2D eigenvalue weighted by molar-refractivity contribution is -0.160. The number of hydrogen-bond donors (Lipinski definition) is 4. The van der Waals surface area contributed by atoms with Crippen LogP contribution in [0.2, 0.25) is 0 Å². The van der Waals surface area contributed by atoms with Gasteiger partial charge in [-0.25, -0.2) is 4.39 Å². The van der Waals surface area contributed by atoms with Crippen molar-refractivity contribution in [1.82, 2.24) is 5.32 Å². The normalized spacial score (nSPS) is 17.6. The second-order valence-electron chi connectivity index (χ2n) is 7.08. The van der Waals surface area contributed by atoms with Crippen molar-refractivity contribution in [3.8, 4) is 0 Å². The van der Waals surface area contributed by atoms with E-state index in [1.54, 1.807) is 36.4 Å². The Morgan fingerprint density at radius 1 is 1.10 bits per heavy atom. The molecule has 9 heteroatoms. The molecule has 2 aromatic carbocycles. The van der Waals surface area contributed by atoms with Crippen LogP contribution >= 0.6 is 15.9 Å². The van der Waals surface area contributed by atoms with E-state index < -0.39 is 35.4 Å². The molecule has 0 aliphatic carbocycles. The van der Waals surface area contributed by atoms with Crippen molar-refractivity contribution in [2.45, 2.75) is 30.6 Å². The number of halogens is 2. The number of nitrogens with one attached hydrogen (secondary N) is 2. The molecule has 1 fully saturated rings. The summed E-state index contributed by atoms with van der Waals surface area (Å²) in [5, 5.41) is 25.9. The summed E-state index contributed by atoms with van der Waals surface area (Å²) in [5.41, 5.74) is -1.26. The first-order valence-corrected chi connectivity index (χ1v) is 10.2. The number of carbonyl (C=O) groups excluding carboxylic acids is 2. The molecule has 2 aromatic rings. The average Bonchev–Trinajstić information content (AvgIpc) is 2.74. The van der Waals surface area contributed by atoms with Gasteiger partial charge in [-0.1, -0.05) is 46.3 Å². The highest BCUT2D eigenvalue weighted by atomic mass is 79.9. The number of rotatable bonds is 6. The first kappa shape index (κ1) is 22.4. The van der Waals surface area contributed by atoms with Crippen LogP contribution < -0.4 is 10.6 Å². The topological polar surface area (TPSA) is 108 Å². The lowest BCUT2D eigenvalue weighted by Crippen LogP contribution is -2.55. The van der Waals surface area contributed by atoms with E-state index in [0.717, 1.165) is 0 Å². The summed E-state index contributed by atoms with van der Waals surface area (Å²) >= 11 is 3.15. The minimum absolute atomic E-state index is 0.0537. The lowest BCUT2D eigenvalue weighted by atomic mass is 9.87. The Morgan fingerprint density at radius 2 is 1.77 bits per heavy atom. The maximum atomic E-state index is 14.1. The van der Waals surface area contributed by atoms with Crippen LogP contribution in [0.3, 0.4) is 0 Å². The predicted octanol–water partition coefficient (Wildman–Crippen LogP) is 2.29. The maximum Gasteiger partial charge on any atom is 0.252 e. The summed E-state index contributed by atoms with van der Waals surface area (Å²) in [7, 11) is 0. The Bertz CT molecular complexity index is 906. The monoisotopic (exact) mass is 480 g/mol. The van der Waals surface area contributed by atoms with Gasteiger partial charge in [-0.3, -0.25) is 9.59 Å². The zero-order chi connectivity index (χ0) is 21.7. The predicted molar refractivity (Wildman–Crippen MR) is 111 cm³/mol. The third-order valence-electron chi connectivity index (χ3n) is 4.99. The van der Waals surface area contributed by atoms with Gasteiger partial charge in [0.25, 0.3) is 11.8 Å². The Labute approximate surface area is 181 Å². The summed E-state index contributed by atoms with van der Waals surface area (Å²) in [6.07, 6.45) is -1.56. The fourth-order valence-corrected chi connectivity index (χ4v) is 3.54. The molecule has 0 saturated carbocycles. The minimum Gasteiger partial charge on any atom is -0.386 e. The van der Waals surface area contributed by atoms with Gasteiger partial charge in [-0.05, 0) is 23.8 Å². The van der Waals surface area contributed by atoms with Crippen molar-refractivity contribution in [2.75, 3.05) is 18.5 Å². The molecule has 7 nitrogen and oxygen atoms in total. The van der Waals surface area contributed by atoms with Gasteiger partial charge in [0.2, 0.25) is 0 Å². The zero-order valence-electron chi connectivity index (χ0n) is 16.0. The van der Waals surface area contributed by atoms with Gasteiger partial charge < -0.3 is 25.6 Å². The van der Waals surface area contributed by atoms with Gasteiger partial charge in [-0.2, -0.15) is 0 Å². The second-order valence-corrected chi connectivity index (χ2v) is 8.00. The Morgan fingerprint density at radius 3 is 2.40 bits per heavy atom. The Kier molecular flexibility index (Phi) is 7.19. The molecule has 1 saturated heterocycles. The molecular weight excluding hydrogens is 459 g/mol. The van der Waals surface area contributed by atoms with Crippen molar-refractivity contribution in [1.29, 1.82) is 0 Å². The third kappa shape index (κ3) is 5.23. The SMILES string of the molecule is O=C(Nc1ccc(Br)cc1F)C(NC(=O)C(O)C1(O)CCOCC1)c1ccccc1. The summed E-state index contributed by atoms with van der Waals surface area (Å²) in [4.78, 5) is 25.6. The lowest BCUT2D eigenvalue weighted by Gasteiger charge is -2.35. The number of aliphatic hydroxyl groups is 2. The molecule has 0 radical (unpaired) electrons. The summed E-state index contributed by atoms with van der Waals surface area (Å²) in [6.45, 7) is 0.429. The molecular formula is C21H22BrFN2O5. The van der Waals surface area contributed by atoms with Crippen molar-refractivity contribution >= 4 is 33.4 Å². The molecule has 3 rings (SSSR count). The quantitative estimate of drug-likeness (QED) is 0.507. The number of hydrogen-bond acceptors (Lipinski definition) is 5. The molecule has 0 aromatic heterocycles. The van der Waals surface area contributed by atoms with Crippen LogP contribution in [-0.2, 0) is 14.3 Å². The second kappa shape index (κ2) is 9.65. The highest BCUT2D eigenvalue weighted by molar-refractivity contribution is 9.10. The van der Waals surface area contributed by atoms with E-state index in [2.05, 4.69) is 26.6 Å². The fourth-order valence-electron chi connectivity index (χ4n) is 3.21. The molecule has 0 bridgehead atoms. The third-order valence-corrected chi connectivity index (χ3v) is 5.48. The molecule has 160 valence electrons. The van der Waals surface area contributed by atoms with E-state index in [4.69, 9.17) is 4.74 Å². The number of anilines is 1. The van der Waals surface area contributed by atoms with Gasteiger partial charge in [0, 0.05) is 30.5 Å². The van der Waals surface area contributed by atoms with Crippen molar-refractivity contribution in [3.05, 3.63) is 64.4 Å². The molecule has 2 atom stereocenters. The molecule has 4 N–H and O–H groups in total. The number of amides is 2. The zero-order valence-corrected chi connectivity index (χ0v) is 17.6. The Hall–Kier alpha value is -2.33. The van der Waals surface area contributed by atoms with Crippen molar-refractivity contribution < 1.29 is 28.9 Å². The molecule has 2 amide bonds. The van der Waals surface area contributed by atoms with Crippen LogP contribution in [0.5, 0.6) is 0 Å². The first-order valence-electron chi connectivity index (χ1n) is 9.39.